The van der Waals surface area contributed by atoms with Gasteiger partial charge in [-0.2, -0.15) is 0 Å². The lowest BCUT2D eigenvalue weighted by Gasteiger charge is -2.31. The Hall–Kier alpha value is -1.82. The SMILES string of the molecule is C/C=C(\c1cc(C)c(C)cc1C)C1CCC(c2ccccc2)CC1.CC. The molecule has 0 radical (unpaired) electrons. The molecule has 0 unspecified atom stereocenters. The van der Waals surface area contributed by atoms with Crippen LogP contribution in [0.5, 0.6) is 0 Å². The summed E-state index contributed by atoms with van der Waals surface area (Å²) in [4.78, 5) is 0. The van der Waals surface area contributed by atoms with E-state index in [4.69, 9.17) is 0 Å². The molecule has 1 aliphatic rings. The van der Waals surface area contributed by atoms with Crippen LogP contribution in [-0.2, 0) is 0 Å². The maximum atomic E-state index is 2.41. The van der Waals surface area contributed by atoms with Gasteiger partial charge < -0.3 is 0 Å². The minimum atomic E-state index is 0.718. The number of allylic oxidation sites excluding steroid dienone is 2. The van der Waals surface area contributed by atoms with E-state index in [-0.39, 0.29) is 0 Å². The number of hydrogen-bond acceptors (Lipinski definition) is 0. The Morgan fingerprint density at radius 3 is 1.96 bits per heavy atom. The molecule has 0 nitrogen and oxygen atoms in total. The van der Waals surface area contributed by atoms with Gasteiger partial charge in [0.1, 0.15) is 0 Å². The van der Waals surface area contributed by atoms with E-state index in [0.717, 1.165) is 11.8 Å². The van der Waals surface area contributed by atoms with Crippen molar-refractivity contribution in [2.24, 2.45) is 5.92 Å². The zero-order chi connectivity index (χ0) is 19.1. The van der Waals surface area contributed by atoms with Crippen LogP contribution in [0.15, 0.2) is 48.5 Å². The summed E-state index contributed by atoms with van der Waals surface area (Å²) in [5.74, 6) is 1.47. The molecule has 2 aromatic rings. The van der Waals surface area contributed by atoms with E-state index in [9.17, 15) is 0 Å². The van der Waals surface area contributed by atoms with Crippen LogP contribution in [0.3, 0.4) is 0 Å². The van der Waals surface area contributed by atoms with Crippen molar-refractivity contribution in [2.75, 3.05) is 0 Å². The fraction of sp³-hybridized carbons (Fsp3) is 0.462. The van der Waals surface area contributed by atoms with Gasteiger partial charge in [0.25, 0.3) is 0 Å². The van der Waals surface area contributed by atoms with Gasteiger partial charge in [-0.05, 0) is 98.6 Å². The van der Waals surface area contributed by atoms with Crippen molar-refractivity contribution >= 4 is 5.57 Å². The first kappa shape index (κ1) is 20.5. The molecule has 1 saturated carbocycles. The Morgan fingerprint density at radius 1 is 0.808 bits per heavy atom. The Labute approximate surface area is 161 Å². The highest BCUT2D eigenvalue weighted by Gasteiger charge is 2.25. The average molecular weight is 349 g/mol. The molecule has 0 atom stereocenters. The van der Waals surface area contributed by atoms with Crippen LogP contribution in [0.2, 0.25) is 0 Å². The molecular formula is C26H36. The van der Waals surface area contributed by atoms with Crippen molar-refractivity contribution in [2.45, 2.75) is 73.1 Å². The third-order valence-corrected chi connectivity index (χ3v) is 5.90. The van der Waals surface area contributed by atoms with Crippen molar-refractivity contribution in [3.05, 3.63) is 76.4 Å². The minimum Gasteiger partial charge on any atom is -0.0836 e. The second-order valence-corrected chi connectivity index (χ2v) is 7.45. The van der Waals surface area contributed by atoms with Crippen LogP contribution in [0.25, 0.3) is 5.57 Å². The lowest BCUT2D eigenvalue weighted by molar-refractivity contribution is 0.384. The molecule has 0 aromatic heterocycles. The molecule has 0 heteroatoms. The predicted molar refractivity (Wildman–Crippen MR) is 117 cm³/mol. The molecular weight excluding hydrogens is 312 g/mol. The van der Waals surface area contributed by atoms with E-state index >= 15 is 0 Å². The number of benzene rings is 2. The van der Waals surface area contributed by atoms with Crippen molar-refractivity contribution in [3.63, 3.8) is 0 Å². The van der Waals surface area contributed by atoms with Gasteiger partial charge in [0.2, 0.25) is 0 Å². The average Bonchev–Trinajstić information content (AvgIpc) is 2.69. The molecule has 0 bridgehead atoms. The van der Waals surface area contributed by atoms with Gasteiger partial charge in [0, 0.05) is 0 Å². The van der Waals surface area contributed by atoms with E-state index in [2.05, 4.69) is 76.2 Å². The molecule has 0 spiro atoms. The van der Waals surface area contributed by atoms with Crippen LogP contribution in [0, 0.1) is 26.7 Å². The number of hydrogen-bond donors (Lipinski definition) is 0. The molecule has 0 aliphatic heterocycles. The van der Waals surface area contributed by atoms with Gasteiger partial charge in [-0.25, -0.2) is 0 Å². The van der Waals surface area contributed by atoms with Crippen LogP contribution >= 0.6 is 0 Å². The first-order valence-corrected chi connectivity index (χ1v) is 10.4. The summed E-state index contributed by atoms with van der Waals surface area (Å²) in [6.45, 7) is 12.9. The highest BCUT2D eigenvalue weighted by atomic mass is 14.3. The lowest BCUT2D eigenvalue weighted by Crippen LogP contribution is -2.15. The molecule has 0 saturated heterocycles. The molecule has 2 aromatic carbocycles. The van der Waals surface area contributed by atoms with Gasteiger partial charge >= 0.3 is 0 Å². The minimum absolute atomic E-state index is 0.718. The lowest BCUT2D eigenvalue weighted by atomic mass is 9.74. The fourth-order valence-electron chi connectivity index (χ4n) is 4.35. The highest BCUT2D eigenvalue weighted by Crippen LogP contribution is 2.42. The summed E-state index contributed by atoms with van der Waals surface area (Å²) in [5.41, 5.74) is 8.81. The van der Waals surface area contributed by atoms with Crippen molar-refractivity contribution in [1.29, 1.82) is 0 Å². The zero-order valence-electron chi connectivity index (χ0n) is 17.6. The number of aryl methyl sites for hydroxylation is 3. The number of rotatable bonds is 3. The van der Waals surface area contributed by atoms with Gasteiger partial charge in [0.15, 0.2) is 0 Å². The van der Waals surface area contributed by atoms with Crippen molar-refractivity contribution in [1.82, 2.24) is 0 Å². The van der Waals surface area contributed by atoms with Crippen LogP contribution in [0.4, 0.5) is 0 Å². The van der Waals surface area contributed by atoms with Gasteiger partial charge in [-0.15, -0.1) is 0 Å². The van der Waals surface area contributed by atoms with Crippen LogP contribution in [0.1, 0.15) is 80.2 Å². The molecule has 1 aliphatic carbocycles. The fourth-order valence-corrected chi connectivity index (χ4v) is 4.35. The Balaban J connectivity index is 0.00000117. The van der Waals surface area contributed by atoms with Crippen molar-refractivity contribution in [3.8, 4) is 0 Å². The Morgan fingerprint density at radius 2 is 1.38 bits per heavy atom. The maximum Gasteiger partial charge on any atom is -0.0159 e. The summed E-state index contributed by atoms with van der Waals surface area (Å²) < 4.78 is 0. The molecule has 26 heavy (non-hydrogen) atoms. The predicted octanol–water partition coefficient (Wildman–Crippen LogP) is 8.02. The highest BCUT2D eigenvalue weighted by molar-refractivity contribution is 5.71. The molecule has 0 heterocycles. The molecule has 1 fully saturated rings. The van der Waals surface area contributed by atoms with E-state index < -0.39 is 0 Å². The maximum absolute atomic E-state index is 2.41. The van der Waals surface area contributed by atoms with Gasteiger partial charge in [0.05, 0.1) is 0 Å². The summed E-state index contributed by atoms with van der Waals surface area (Å²) in [6.07, 6.45) is 7.62. The van der Waals surface area contributed by atoms with Crippen LogP contribution in [-0.4, -0.2) is 0 Å². The van der Waals surface area contributed by atoms with E-state index in [1.807, 2.05) is 13.8 Å². The molecule has 3 rings (SSSR count). The largest absolute Gasteiger partial charge is 0.0836 e. The first-order valence-electron chi connectivity index (χ1n) is 10.4. The zero-order valence-corrected chi connectivity index (χ0v) is 17.6. The first-order chi connectivity index (χ1) is 12.6. The quantitative estimate of drug-likeness (QED) is 0.527. The van der Waals surface area contributed by atoms with E-state index in [1.165, 1.54) is 53.5 Å². The third kappa shape index (κ3) is 4.67. The second-order valence-electron chi connectivity index (χ2n) is 7.45. The molecule has 140 valence electrons. The Bertz CT molecular complexity index is 713. The van der Waals surface area contributed by atoms with Gasteiger partial charge in [-0.3, -0.25) is 0 Å². The summed E-state index contributed by atoms with van der Waals surface area (Å²) in [7, 11) is 0. The summed E-state index contributed by atoms with van der Waals surface area (Å²) in [5, 5.41) is 0. The second kappa shape index (κ2) is 9.76. The Kier molecular flexibility index (Phi) is 7.69. The smallest absolute Gasteiger partial charge is 0.0159 e. The summed E-state index contributed by atoms with van der Waals surface area (Å²) >= 11 is 0. The van der Waals surface area contributed by atoms with E-state index in [0.29, 0.717) is 0 Å². The van der Waals surface area contributed by atoms with Crippen molar-refractivity contribution < 1.29 is 0 Å². The molecule has 0 N–H and O–H groups in total. The summed E-state index contributed by atoms with van der Waals surface area (Å²) in [6, 6.07) is 15.8. The topological polar surface area (TPSA) is 0 Å². The van der Waals surface area contributed by atoms with Crippen LogP contribution < -0.4 is 0 Å². The van der Waals surface area contributed by atoms with Gasteiger partial charge in [-0.1, -0.05) is 62.4 Å². The molecule has 0 amide bonds. The standard InChI is InChI=1S/C24H30.C2H6/c1-5-23(24-16-18(3)17(2)15-19(24)4)22-13-11-21(12-14-22)20-9-7-6-8-10-20;1-2/h5-10,15-16,21-22H,11-14H2,1-4H3;1-2H3/b23-5-;. The van der Waals surface area contributed by atoms with E-state index in [1.54, 1.807) is 5.57 Å². The normalized spacial score (nSPS) is 20.3. The third-order valence-electron chi connectivity index (χ3n) is 5.90. The monoisotopic (exact) mass is 348 g/mol.